The monoisotopic (exact) mass is 470 g/mol. The number of methoxy groups -OCH3 is 1. The van der Waals surface area contributed by atoms with E-state index in [4.69, 9.17) is 27.9 Å². The molecule has 0 bridgehead atoms. The number of hydrogen-bond donors (Lipinski definition) is 1. The maximum Gasteiger partial charge on any atom is 0.309 e. The third-order valence-electron chi connectivity index (χ3n) is 4.89. The number of carbonyl (C=O) groups is 1. The van der Waals surface area contributed by atoms with Gasteiger partial charge in [0.25, 0.3) is 0 Å². The number of carboxylic acid groups (broad SMARTS) is 1. The van der Waals surface area contributed by atoms with E-state index in [1.807, 2.05) is 30.3 Å². The molecule has 1 N–H and O–H groups in total. The van der Waals surface area contributed by atoms with Crippen LogP contribution < -0.4 is 4.74 Å². The van der Waals surface area contributed by atoms with Crippen LogP contribution in [-0.4, -0.2) is 27.7 Å². The number of rotatable bonds is 6. The first-order valence-corrected chi connectivity index (χ1v) is 10.3. The number of nitrogens with zero attached hydrogens (tertiary/aromatic N) is 2. The summed E-state index contributed by atoms with van der Waals surface area (Å²) >= 11 is 12.4. The Morgan fingerprint density at radius 3 is 2.53 bits per heavy atom. The fraction of sp³-hybridized carbons (Fsp3) is 0.0833. The number of ether oxygens (including phenoxy) is 1. The number of imidazole rings is 1. The summed E-state index contributed by atoms with van der Waals surface area (Å²) in [6, 6.07) is 18.7. The molecule has 0 atom stereocenters. The number of benzene rings is 3. The molecule has 0 aliphatic carbocycles. The maximum absolute atomic E-state index is 15.3. The quantitative estimate of drug-likeness (QED) is 0.359. The highest BCUT2D eigenvalue weighted by Crippen LogP contribution is 2.40. The third-order valence-corrected chi connectivity index (χ3v) is 5.42. The molecule has 0 aliphatic rings. The molecule has 4 rings (SSSR count). The molecule has 0 saturated heterocycles. The Labute approximate surface area is 193 Å². The molecule has 162 valence electrons. The first-order chi connectivity index (χ1) is 15.4. The third kappa shape index (κ3) is 4.07. The van der Waals surface area contributed by atoms with Crippen molar-refractivity contribution in [3.05, 3.63) is 88.3 Å². The second-order valence-corrected chi connectivity index (χ2v) is 7.76. The van der Waals surface area contributed by atoms with Gasteiger partial charge in [-0.15, -0.1) is 0 Å². The summed E-state index contributed by atoms with van der Waals surface area (Å²) in [6.45, 7) is 0. The van der Waals surface area contributed by atoms with Crippen molar-refractivity contribution in [2.24, 2.45) is 0 Å². The van der Waals surface area contributed by atoms with Crippen molar-refractivity contribution in [2.75, 3.05) is 7.11 Å². The van der Waals surface area contributed by atoms with Crippen molar-refractivity contribution in [3.8, 4) is 34.1 Å². The van der Waals surface area contributed by atoms with Crippen molar-refractivity contribution >= 4 is 29.2 Å². The summed E-state index contributed by atoms with van der Waals surface area (Å²) in [5.74, 6) is -0.944. The van der Waals surface area contributed by atoms with E-state index >= 15 is 4.39 Å². The largest absolute Gasteiger partial charge is 0.496 e. The van der Waals surface area contributed by atoms with E-state index in [0.29, 0.717) is 33.4 Å². The lowest BCUT2D eigenvalue weighted by Crippen LogP contribution is -2.06. The Kier molecular flexibility index (Phi) is 6.17. The van der Waals surface area contributed by atoms with Crippen molar-refractivity contribution in [2.45, 2.75) is 6.42 Å². The van der Waals surface area contributed by atoms with Gasteiger partial charge < -0.3 is 9.84 Å². The lowest BCUT2D eigenvalue weighted by molar-refractivity contribution is -0.136. The molecule has 0 saturated carbocycles. The Morgan fingerprint density at radius 2 is 1.84 bits per heavy atom. The van der Waals surface area contributed by atoms with Gasteiger partial charge in [-0.05, 0) is 30.3 Å². The average Bonchev–Trinajstić information content (AvgIpc) is 3.14. The Bertz CT molecular complexity index is 1310. The van der Waals surface area contributed by atoms with Crippen LogP contribution in [0.1, 0.15) is 5.69 Å². The molecule has 8 heteroatoms. The maximum atomic E-state index is 15.3. The molecule has 0 fully saturated rings. The van der Waals surface area contributed by atoms with Crippen molar-refractivity contribution in [1.29, 1.82) is 0 Å². The van der Waals surface area contributed by atoms with E-state index in [1.165, 1.54) is 13.2 Å². The van der Waals surface area contributed by atoms with E-state index < -0.39 is 11.8 Å². The summed E-state index contributed by atoms with van der Waals surface area (Å²) in [5.41, 5.74) is 1.86. The zero-order valence-electron chi connectivity index (χ0n) is 16.8. The van der Waals surface area contributed by atoms with Crippen LogP contribution in [0.25, 0.3) is 28.3 Å². The van der Waals surface area contributed by atoms with E-state index in [-0.39, 0.29) is 22.8 Å². The van der Waals surface area contributed by atoms with Gasteiger partial charge in [-0.25, -0.2) is 9.37 Å². The first kappa shape index (κ1) is 21.9. The second-order valence-electron chi connectivity index (χ2n) is 6.92. The number of aromatic nitrogens is 2. The summed E-state index contributed by atoms with van der Waals surface area (Å²) in [4.78, 5) is 16.3. The number of carboxylic acids is 1. The highest BCUT2D eigenvalue weighted by Gasteiger charge is 2.26. The molecular formula is C24H17Cl2FN2O3. The van der Waals surface area contributed by atoms with Crippen LogP contribution in [0.3, 0.4) is 0 Å². The topological polar surface area (TPSA) is 64.3 Å². The van der Waals surface area contributed by atoms with Crippen LogP contribution in [0.4, 0.5) is 4.39 Å². The van der Waals surface area contributed by atoms with Crippen molar-refractivity contribution in [3.63, 3.8) is 0 Å². The van der Waals surface area contributed by atoms with Gasteiger partial charge in [-0.2, -0.15) is 0 Å². The van der Waals surface area contributed by atoms with Gasteiger partial charge in [0.15, 0.2) is 5.82 Å². The molecular weight excluding hydrogens is 454 g/mol. The van der Waals surface area contributed by atoms with Crippen LogP contribution in [0.2, 0.25) is 10.0 Å². The van der Waals surface area contributed by atoms with Gasteiger partial charge in [0.05, 0.1) is 35.6 Å². The molecule has 0 radical (unpaired) electrons. The molecule has 1 heterocycles. The summed E-state index contributed by atoms with van der Waals surface area (Å²) in [5, 5.41) is 9.89. The molecule has 32 heavy (non-hydrogen) atoms. The van der Waals surface area contributed by atoms with Gasteiger partial charge in [0.2, 0.25) is 0 Å². The van der Waals surface area contributed by atoms with Crippen molar-refractivity contribution in [1.82, 2.24) is 9.55 Å². The second kappa shape index (κ2) is 9.02. The Morgan fingerprint density at radius 1 is 1.09 bits per heavy atom. The number of halogens is 3. The van der Waals surface area contributed by atoms with Gasteiger partial charge in [-0.1, -0.05) is 59.6 Å². The minimum atomic E-state index is -1.08. The van der Waals surface area contributed by atoms with E-state index in [9.17, 15) is 9.90 Å². The highest BCUT2D eigenvalue weighted by molar-refractivity contribution is 6.31. The minimum absolute atomic E-state index is 0.0704. The van der Waals surface area contributed by atoms with Crippen LogP contribution >= 0.6 is 23.2 Å². The SMILES string of the molecule is COc1ccc(Cl)cc1-c1c(CC(=O)O)nc(-c2ccccc2)n1-c1cccc(Cl)c1F. The summed E-state index contributed by atoms with van der Waals surface area (Å²) in [7, 11) is 1.49. The molecule has 4 aromatic rings. The molecule has 5 nitrogen and oxygen atoms in total. The first-order valence-electron chi connectivity index (χ1n) is 9.57. The zero-order valence-corrected chi connectivity index (χ0v) is 18.4. The van der Waals surface area contributed by atoms with E-state index in [2.05, 4.69) is 4.98 Å². The number of aliphatic carboxylic acids is 1. The lowest BCUT2D eigenvalue weighted by atomic mass is 10.1. The lowest BCUT2D eigenvalue weighted by Gasteiger charge is -2.16. The number of hydrogen-bond acceptors (Lipinski definition) is 3. The predicted molar refractivity (Wildman–Crippen MR) is 122 cm³/mol. The van der Waals surface area contributed by atoms with Crippen LogP contribution in [0.5, 0.6) is 5.75 Å². The standard InChI is InChI=1S/C24H17Cl2FN2O3/c1-32-20-11-10-15(25)12-16(20)23-18(13-21(30)31)28-24(14-6-3-2-4-7-14)29(23)19-9-5-8-17(26)22(19)27/h2-12H,13H2,1H3,(H,30,31). The Hall–Kier alpha value is -3.35. The van der Waals surface area contributed by atoms with Gasteiger partial charge in [-0.3, -0.25) is 9.36 Å². The van der Waals surface area contributed by atoms with Crippen molar-refractivity contribution < 1.29 is 19.0 Å². The summed E-state index contributed by atoms with van der Waals surface area (Å²) in [6.07, 6.45) is -0.389. The van der Waals surface area contributed by atoms with Crippen LogP contribution in [0.15, 0.2) is 66.7 Å². The minimum Gasteiger partial charge on any atom is -0.496 e. The van der Waals surface area contributed by atoms with E-state index in [1.54, 1.807) is 34.9 Å². The zero-order chi connectivity index (χ0) is 22.8. The molecule has 0 aliphatic heterocycles. The van der Waals surface area contributed by atoms with E-state index in [0.717, 1.165) is 0 Å². The average molecular weight is 471 g/mol. The molecule has 0 spiro atoms. The molecule has 1 aromatic heterocycles. The van der Waals surface area contributed by atoms with Crippen LogP contribution in [0, 0.1) is 5.82 Å². The highest BCUT2D eigenvalue weighted by atomic mass is 35.5. The van der Waals surface area contributed by atoms with Gasteiger partial charge >= 0.3 is 5.97 Å². The van der Waals surface area contributed by atoms with Gasteiger partial charge in [0.1, 0.15) is 11.6 Å². The smallest absolute Gasteiger partial charge is 0.309 e. The summed E-state index contributed by atoms with van der Waals surface area (Å²) < 4.78 is 22.3. The predicted octanol–water partition coefficient (Wildman–Crippen LogP) is 6.29. The fourth-order valence-corrected chi connectivity index (χ4v) is 3.90. The Balaban J connectivity index is 2.16. The molecule has 3 aromatic carbocycles. The van der Waals surface area contributed by atoms with Gasteiger partial charge in [0, 0.05) is 16.1 Å². The molecule has 0 amide bonds. The normalized spacial score (nSPS) is 10.9. The van der Waals surface area contributed by atoms with Crippen LogP contribution in [-0.2, 0) is 11.2 Å². The fourth-order valence-electron chi connectivity index (χ4n) is 3.55. The molecule has 0 unspecified atom stereocenters.